The van der Waals surface area contributed by atoms with Crippen LogP contribution in [-0.4, -0.2) is 51.0 Å². The fourth-order valence-electron chi connectivity index (χ4n) is 6.68. The number of halogens is 3. The minimum atomic E-state index is -2.86. The Labute approximate surface area is 308 Å². The number of nitrogens with zero attached hydrogens (tertiary/aromatic N) is 6. The molecule has 6 aromatic rings. The van der Waals surface area contributed by atoms with E-state index in [2.05, 4.69) is 47.2 Å². The van der Waals surface area contributed by atoms with Gasteiger partial charge < -0.3 is 14.5 Å². The Balaban J connectivity index is 0.00000464. The van der Waals surface area contributed by atoms with Gasteiger partial charge in [0.1, 0.15) is 17.1 Å². The smallest absolute Gasteiger partial charge is 0.308 e. The van der Waals surface area contributed by atoms with Crippen LogP contribution in [0.15, 0.2) is 69.7 Å². The van der Waals surface area contributed by atoms with Crippen molar-refractivity contribution in [3.8, 4) is 28.7 Å². The number of alkyl halides is 2. The monoisotopic (exact) mass is 767 g/mol. The Morgan fingerprint density at radius 2 is 1.75 bits per heavy atom. The summed E-state index contributed by atoms with van der Waals surface area (Å²) in [6.45, 7) is 6.08. The maximum absolute atomic E-state index is 13.7. The lowest BCUT2D eigenvalue weighted by molar-refractivity contribution is -0.147. The van der Waals surface area contributed by atoms with Gasteiger partial charge in [0.15, 0.2) is 17.2 Å². The second-order valence-corrected chi connectivity index (χ2v) is 13.4. The Bertz CT molecular complexity index is 2350. The van der Waals surface area contributed by atoms with E-state index < -0.39 is 12.2 Å². The fourth-order valence-corrected chi connectivity index (χ4v) is 7.00. The number of oxazole rings is 1. The van der Waals surface area contributed by atoms with Crippen molar-refractivity contribution in [1.82, 2.24) is 24.8 Å². The average Bonchev–Trinajstić information content (AvgIpc) is 3.56. The number of rotatable bonds is 8. The van der Waals surface area contributed by atoms with Gasteiger partial charge in [0.25, 0.3) is 6.43 Å². The molecule has 266 valence electrons. The number of hydrogen-bond acceptors (Lipinski definition) is 10. The van der Waals surface area contributed by atoms with Crippen LogP contribution in [0.2, 0.25) is 0 Å². The maximum Gasteiger partial charge on any atom is 0.308 e. The van der Waals surface area contributed by atoms with E-state index in [9.17, 15) is 18.8 Å². The maximum atomic E-state index is 13.7. The number of benzene rings is 3. The first-order chi connectivity index (χ1) is 24.6. The number of anilines is 2. The molecule has 3 aromatic heterocycles. The van der Waals surface area contributed by atoms with E-state index in [4.69, 9.17) is 14.1 Å². The molecule has 0 atom stereocenters. The number of esters is 1. The van der Waals surface area contributed by atoms with Gasteiger partial charge in [-0.25, -0.2) is 28.7 Å². The highest BCUT2D eigenvalue weighted by Crippen LogP contribution is 2.38. The first kappa shape index (κ1) is 36.5. The highest BCUT2D eigenvalue weighted by molar-refractivity contribution is 9.10. The number of ether oxygens (including phenoxy) is 1. The highest BCUT2D eigenvalue weighted by atomic mass is 79.9. The second kappa shape index (κ2) is 15.1. The lowest BCUT2D eigenvalue weighted by atomic mass is 9.93. The van der Waals surface area contributed by atoms with Gasteiger partial charge in [-0.2, -0.15) is 5.26 Å². The molecule has 13 heteroatoms. The van der Waals surface area contributed by atoms with Crippen molar-refractivity contribution in [1.29, 1.82) is 5.26 Å². The van der Waals surface area contributed by atoms with Gasteiger partial charge in [0.05, 0.1) is 24.1 Å². The van der Waals surface area contributed by atoms with Gasteiger partial charge in [0.2, 0.25) is 5.89 Å². The van der Waals surface area contributed by atoms with Gasteiger partial charge in [-0.3, -0.25) is 9.69 Å². The van der Waals surface area contributed by atoms with Crippen LogP contribution in [0.3, 0.4) is 0 Å². The van der Waals surface area contributed by atoms with Crippen molar-refractivity contribution in [2.75, 3.05) is 25.5 Å². The summed E-state index contributed by atoms with van der Waals surface area (Å²) in [5.74, 6) is -0.258. The number of carbonyl (C=O) groups is 1. The van der Waals surface area contributed by atoms with Crippen LogP contribution < -0.4 is 5.32 Å². The molecule has 0 amide bonds. The van der Waals surface area contributed by atoms with Crippen LogP contribution in [0.25, 0.3) is 44.7 Å². The van der Waals surface area contributed by atoms with E-state index >= 15 is 0 Å². The summed E-state index contributed by atoms with van der Waals surface area (Å²) in [6, 6.07) is 19.3. The summed E-state index contributed by atoms with van der Waals surface area (Å²) in [7, 11) is 1.42. The SMILES string of the molecule is C.COC(=O)C1CCN(Cc2cc(C#N)c3oc(-c4cccc(-c5cccc(Nc6nc(C(F)F)nc7cc(Br)cnc67)c5C)c4C)nc3c2)CC1. The van der Waals surface area contributed by atoms with Crippen molar-refractivity contribution in [2.24, 2.45) is 5.92 Å². The molecule has 1 aliphatic rings. The summed E-state index contributed by atoms with van der Waals surface area (Å²) >= 11 is 3.34. The van der Waals surface area contributed by atoms with E-state index in [1.165, 1.54) is 7.11 Å². The minimum absolute atomic E-state index is 0. The molecule has 1 aliphatic heterocycles. The van der Waals surface area contributed by atoms with Crippen LogP contribution in [0.4, 0.5) is 20.3 Å². The Kier molecular flexibility index (Phi) is 10.6. The largest absolute Gasteiger partial charge is 0.469 e. The molecule has 0 spiro atoms. The summed E-state index contributed by atoms with van der Waals surface area (Å²) in [5.41, 5.74) is 8.09. The Hall–Kier alpha value is -5.32. The number of aromatic nitrogens is 4. The average molecular weight is 769 g/mol. The van der Waals surface area contributed by atoms with Crippen LogP contribution in [0, 0.1) is 31.1 Å². The molecule has 0 unspecified atom stereocenters. The minimum Gasteiger partial charge on any atom is -0.469 e. The molecule has 4 heterocycles. The third-order valence-electron chi connectivity index (χ3n) is 9.35. The first-order valence-electron chi connectivity index (χ1n) is 16.4. The van der Waals surface area contributed by atoms with Crippen molar-refractivity contribution in [2.45, 2.75) is 47.1 Å². The predicted molar refractivity (Wildman–Crippen MR) is 199 cm³/mol. The summed E-state index contributed by atoms with van der Waals surface area (Å²) in [4.78, 5) is 31.6. The Morgan fingerprint density at radius 1 is 1.04 bits per heavy atom. The molecular formula is C39H36BrF2N7O3. The van der Waals surface area contributed by atoms with Crippen LogP contribution >= 0.6 is 15.9 Å². The molecule has 0 aliphatic carbocycles. The summed E-state index contributed by atoms with van der Waals surface area (Å²) in [6.07, 6.45) is 0.177. The highest BCUT2D eigenvalue weighted by Gasteiger charge is 2.26. The number of fused-ring (bicyclic) bond motifs is 2. The van der Waals surface area contributed by atoms with Gasteiger partial charge in [-0.1, -0.05) is 31.7 Å². The van der Waals surface area contributed by atoms with Crippen molar-refractivity contribution in [3.05, 3.63) is 93.3 Å². The number of piperidine rings is 1. The number of likely N-dealkylation sites (tertiary alicyclic amines) is 1. The van der Waals surface area contributed by atoms with E-state index in [1.807, 2.05) is 62.4 Å². The number of nitriles is 1. The molecule has 0 bridgehead atoms. The zero-order chi connectivity index (χ0) is 35.8. The van der Waals surface area contributed by atoms with E-state index in [0.717, 1.165) is 59.3 Å². The standard InChI is InChI=1S/C38H32BrF2N7O3.CH4/c1-20-26(27-7-5-9-29(21(27)2)44-35-32-30(16-25(39)18-43-32)45-36(47-35)34(40)41)6-4-8-28(20)37-46-31-15-22(14-24(17-42)33(31)51-37)19-48-12-10-23(11-13-48)38(49)50-3;/h4-9,14-16,18,23,34H,10-13,19H2,1-3H3,(H,44,45,47);1H4. The predicted octanol–water partition coefficient (Wildman–Crippen LogP) is 9.45. The number of methoxy groups -OCH3 is 1. The lowest BCUT2D eigenvalue weighted by Gasteiger charge is -2.30. The second-order valence-electron chi connectivity index (χ2n) is 12.5. The normalized spacial score (nSPS) is 13.7. The van der Waals surface area contributed by atoms with Crippen molar-refractivity contribution in [3.63, 3.8) is 0 Å². The molecular weight excluding hydrogens is 732 g/mol. The number of nitrogens with one attached hydrogen (secondary N) is 1. The molecule has 3 aromatic carbocycles. The van der Waals surface area contributed by atoms with E-state index in [-0.39, 0.29) is 25.1 Å². The first-order valence-corrected chi connectivity index (χ1v) is 17.1. The fraction of sp³-hybridized carbons (Fsp3) is 0.282. The number of hydrogen-bond donors (Lipinski definition) is 1. The topological polar surface area (TPSA) is 130 Å². The molecule has 52 heavy (non-hydrogen) atoms. The zero-order valence-corrected chi connectivity index (χ0v) is 29.6. The van der Waals surface area contributed by atoms with Crippen LogP contribution in [-0.2, 0) is 16.1 Å². The summed E-state index contributed by atoms with van der Waals surface area (Å²) in [5, 5.41) is 13.3. The molecule has 1 saturated heterocycles. The van der Waals surface area contributed by atoms with E-state index in [0.29, 0.717) is 50.3 Å². The molecule has 10 nitrogen and oxygen atoms in total. The third-order valence-corrected chi connectivity index (χ3v) is 9.79. The van der Waals surface area contributed by atoms with Crippen LogP contribution in [0.5, 0.6) is 0 Å². The van der Waals surface area contributed by atoms with Gasteiger partial charge in [-0.15, -0.1) is 0 Å². The van der Waals surface area contributed by atoms with Gasteiger partial charge in [0, 0.05) is 28.5 Å². The van der Waals surface area contributed by atoms with Crippen molar-refractivity contribution < 1.29 is 22.7 Å². The third kappa shape index (κ3) is 7.09. The quantitative estimate of drug-likeness (QED) is 0.150. The number of pyridine rings is 1. The van der Waals surface area contributed by atoms with Gasteiger partial charge >= 0.3 is 5.97 Å². The summed E-state index contributed by atoms with van der Waals surface area (Å²) < 4.78 is 39.3. The van der Waals surface area contributed by atoms with Crippen LogP contribution in [0.1, 0.15) is 54.8 Å². The zero-order valence-electron chi connectivity index (χ0n) is 28.0. The Morgan fingerprint density at radius 3 is 2.46 bits per heavy atom. The van der Waals surface area contributed by atoms with Gasteiger partial charge in [-0.05, 0) is 114 Å². The molecule has 0 radical (unpaired) electrons. The van der Waals surface area contributed by atoms with Crippen molar-refractivity contribution >= 4 is 55.5 Å². The lowest BCUT2D eigenvalue weighted by Crippen LogP contribution is -2.36. The molecule has 7 rings (SSSR count). The molecule has 1 N–H and O–H groups in total. The molecule has 1 fully saturated rings. The van der Waals surface area contributed by atoms with E-state index in [1.54, 1.807) is 12.3 Å². The number of carbonyl (C=O) groups excluding carboxylic acids is 1. The molecule has 0 saturated carbocycles.